The highest BCUT2D eigenvalue weighted by molar-refractivity contribution is 5.71. The maximum Gasteiger partial charge on any atom is 0.307 e. The van der Waals surface area contributed by atoms with Gasteiger partial charge in [-0.2, -0.15) is 0 Å². The standard InChI is InChI=1S/C30H49NO5/c1-4-26(32)36-25-12-8-9-19-13-14-21-22-15-16-23(28(33)34)29(22,2)17-24(27(21)30(19,25)3)35-18-31-20-10-6-5-7-11-20/h19-25,27,31H,4-18H2,1-3H3,(H,33,34)/t19-,21+,22+,23-,24-,25?,27-,29+,30-/m1/s1. The fraction of sp³-hybridized carbons (Fsp3) is 0.933. The Bertz CT molecular complexity index is 811. The minimum absolute atomic E-state index is 0.000944. The Kier molecular flexibility index (Phi) is 7.76. The number of fused-ring (bicyclic) bond motifs is 5. The van der Waals surface area contributed by atoms with Gasteiger partial charge in [0.2, 0.25) is 0 Å². The van der Waals surface area contributed by atoms with Gasteiger partial charge in [0.1, 0.15) is 6.10 Å². The van der Waals surface area contributed by atoms with E-state index in [2.05, 4.69) is 19.2 Å². The van der Waals surface area contributed by atoms with Crippen LogP contribution >= 0.6 is 0 Å². The molecule has 0 bridgehead atoms. The zero-order valence-corrected chi connectivity index (χ0v) is 22.8. The number of carboxylic acid groups (broad SMARTS) is 1. The number of hydrogen-bond donors (Lipinski definition) is 2. The first-order valence-electron chi connectivity index (χ1n) is 15.1. The molecule has 0 aliphatic heterocycles. The van der Waals surface area contributed by atoms with Gasteiger partial charge in [0.05, 0.1) is 18.8 Å². The van der Waals surface area contributed by atoms with Gasteiger partial charge in [-0.25, -0.2) is 0 Å². The monoisotopic (exact) mass is 503 g/mol. The minimum atomic E-state index is -0.634. The van der Waals surface area contributed by atoms with E-state index in [4.69, 9.17) is 9.47 Å². The number of carboxylic acids is 1. The van der Waals surface area contributed by atoms with Crippen molar-refractivity contribution in [2.45, 2.75) is 129 Å². The average Bonchev–Trinajstić information content (AvgIpc) is 3.22. The lowest BCUT2D eigenvalue weighted by Gasteiger charge is -2.63. The predicted molar refractivity (Wildman–Crippen MR) is 138 cm³/mol. The molecule has 0 radical (unpaired) electrons. The summed E-state index contributed by atoms with van der Waals surface area (Å²) in [6, 6.07) is 0.530. The molecule has 0 aromatic rings. The Morgan fingerprint density at radius 3 is 2.44 bits per heavy atom. The van der Waals surface area contributed by atoms with Gasteiger partial charge in [0.15, 0.2) is 0 Å². The number of carbonyl (C=O) groups excluding carboxylic acids is 1. The fourth-order valence-corrected chi connectivity index (χ4v) is 9.94. The molecule has 9 atom stereocenters. The van der Waals surface area contributed by atoms with Crippen LogP contribution < -0.4 is 5.32 Å². The SMILES string of the molecule is CCC(=O)OC1CCC[C@@H]2CC[C@@H]3[C@H]([C@H](OCNC4CCCCC4)C[C@]4(C)[C@@H](C(=O)O)CC[C@@H]34)[C@@]12C. The van der Waals surface area contributed by atoms with E-state index in [1.165, 1.54) is 38.5 Å². The molecule has 1 unspecified atom stereocenters. The molecule has 6 heteroatoms. The molecule has 5 aliphatic carbocycles. The quantitative estimate of drug-likeness (QED) is 0.331. The van der Waals surface area contributed by atoms with Crippen molar-refractivity contribution in [1.82, 2.24) is 5.32 Å². The largest absolute Gasteiger partial charge is 0.481 e. The number of carbonyl (C=O) groups is 2. The zero-order chi connectivity index (χ0) is 25.5. The van der Waals surface area contributed by atoms with Gasteiger partial charge in [0, 0.05) is 17.9 Å². The maximum absolute atomic E-state index is 12.5. The van der Waals surface area contributed by atoms with Crippen molar-refractivity contribution in [2.75, 3.05) is 6.73 Å². The minimum Gasteiger partial charge on any atom is -0.481 e. The molecule has 36 heavy (non-hydrogen) atoms. The average molecular weight is 504 g/mol. The number of nitrogens with one attached hydrogen (secondary N) is 1. The van der Waals surface area contributed by atoms with E-state index < -0.39 is 5.97 Å². The Morgan fingerprint density at radius 2 is 1.72 bits per heavy atom. The Labute approximate surface area is 217 Å². The van der Waals surface area contributed by atoms with E-state index in [1.807, 2.05) is 6.92 Å². The summed E-state index contributed by atoms with van der Waals surface area (Å²) >= 11 is 0. The maximum atomic E-state index is 12.5. The van der Waals surface area contributed by atoms with Crippen molar-refractivity contribution in [2.24, 2.45) is 40.4 Å². The van der Waals surface area contributed by atoms with Crippen molar-refractivity contribution >= 4 is 11.9 Å². The third-order valence-corrected chi connectivity index (χ3v) is 11.7. The van der Waals surface area contributed by atoms with Crippen molar-refractivity contribution in [3.8, 4) is 0 Å². The van der Waals surface area contributed by atoms with Crippen molar-refractivity contribution in [3.63, 3.8) is 0 Å². The third-order valence-electron chi connectivity index (χ3n) is 11.7. The van der Waals surface area contributed by atoms with Crippen LogP contribution in [0.5, 0.6) is 0 Å². The molecule has 5 rings (SSSR count). The summed E-state index contributed by atoms with van der Waals surface area (Å²) < 4.78 is 13.0. The highest BCUT2D eigenvalue weighted by Gasteiger charge is 2.66. The van der Waals surface area contributed by atoms with Crippen LogP contribution in [0.25, 0.3) is 0 Å². The molecule has 0 amide bonds. The molecule has 204 valence electrons. The Morgan fingerprint density at radius 1 is 0.944 bits per heavy atom. The van der Waals surface area contributed by atoms with Crippen molar-refractivity contribution in [1.29, 1.82) is 0 Å². The molecule has 0 heterocycles. The summed E-state index contributed by atoms with van der Waals surface area (Å²) in [4.78, 5) is 24.8. The number of hydrogen-bond acceptors (Lipinski definition) is 5. The smallest absolute Gasteiger partial charge is 0.307 e. The highest BCUT2D eigenvalue weighted by Crippen LogP contribution is 2.68. The molecule has 5 fully saturated rings. The first kappa shape index (κ1) is 26.5. The second-order valence-electron chi connectivity index (χ2n) is 13.3. The van der Waals surface area contributed by atoms with Crippen LogP contribution in [-0.4, -0.2) is 42.0 Å². The van der Waals surface area contributed by atoms with Gasteiger partial charge in [-0.15, -0.1) is 0 Å². The number of esters is 1. The van der Waals surface area contributed by atoms with E-state index in [9.17, 15) is 14.7 Å². The van der Waals surface area contributed by atoms with Gasteiger partial charge in [-0.3, -0.25) is 14.9 Å². The Balaban J connectivity index is 1.44. The van der Waals surface area contributed by atoms with Crippen LogP contribution in [0.15, 0.2) is 0 Å². The summed E-state index contributed by atoms with van der Waals surface area (Å²) in [5.74, 6) is 0.696. The fourth-order valence-electron chi connectivity index (χ4n) is 9.94. The van der Waals surface area contributed by atoms with Crippen molar-refractivity contribution < 1.29 is 24.2 Å². The number of aliphatic carboxylic acids is 1. The molecule has 0 saturated heterocycles. The summed E-state index contributed by atoms with van der Waals surface area (Å²) in [5, 5.41) is 13.8. The Hall–Kier alpha value is -1.14. The van der Waals surface area contributed by atoms with E-state index in [-0.39, 0.29) is 34.9 Å². The van der Waals surface area contributed by atoms with Crippen LogP contribution in [0.2, 0.25) is 0 Å². The molecular weight excluding hydrogens is 454 g/mol. The predicted octanol–water partition coefficient (Wildman–Crippen LogP) is 5.93. The molecule has 5 saturated carbocycles. The first-order chi connectivity index (χ1) is 17.3. The molecule has 2 N–H and O–H groups in total. The number of rotatable bonds is 7. The van der Waals surface area contributed by atoms with E-state index in [0.717, 1.165) is 44.9 Å². The second kappa shape index (κ2) is 10.6. The lowest BCUT2D eigenvalue weighted by atomic mass is 9.43. The topological polar surface area (TPSA) is 84.9 Å². The van der Waals surface area contributed by atoms with Crippen LogP contribution in [0, 0.1) is 40.4 Å². The van der Waals surface area contributed by atoms with Gasteiger partial charge in [-0.05, 0) is 93.3 Å². The molecular formula is C30H49NO5. The van der Waals surface area contributed by atoms with E-state index in [0.29, 0.717) is 42.9 Å². The summed E-state index contributed by atoms with van der Waals surface area (Å²) in [6.07, 6.45) is 14.9. The second-order valence-corrected chi connectivity index (χ2v) is 13.3. The van der Waals surface area contributed by atoms with Gasteiger partial charge in [-0.1, -0.05) is 40.0 Å². The normalized spacial score (nSPS) is 44.8. The first-order valence-corrected chi connectivity index (χ1v) is 15.1. The van der Waals surface area contributed by atoms with Crippen molar-refractivity contribution in [3.05, 3.63) is 0 Å². The molecule has 0 aromatic heterocycles. The number of ether oxygens (including phenoxy) is 2. The molecule has 5 aliphatic rings. The summed E-state index contributed by atoms with van der Waals surface area (Å²) in [5.41, 5.74) is -0.333. The highest BCUT2D eigenvalue weighted by atomic mass is 16.5. The van der Waals surface area contributed by atoms with Gasteiger partial charge in [0.25, 0.3) is 0 Å². The lowest BCUT2D eigenvalue weighted by Crippen LogP contribution is -2.63. The van der Waals surface area contributed by atoms with Gasteiger partial charge < -0.3 is 14.6 Å². The van der Waals surface area contributed by atoms with Crippen LogP contribution in [-0.2, 0) is 19.1 Å². The third kappa shape index (κ3) is 4.52. The van der Waals surface area contributed by atoms with Gasteiger partial charge >= 0.3 is 11.9 Å². The van der Waals surface area contributed by atoms with E-state index in [1.54, 1.807) is 0 Å². The molecule has 6 nitrogen and oxygen atoms in total. The summed E-state index contributed by atoms with van der Waals surface area (Å²) in [7, 11) is 0. The molecule has 0 aromatic carbocycles. The van der Waals surface area contributed by atoms with Crippen LogP contribution in [0.4, 0.5) is 0 Å². The lowest BCUT2D eigenvalue weighted by molar-refractivity contribution is -0.226. The zero-order valence-electron chi connectivity index (χ0n) is 22.8. The van der Waals surface area contributed by atoms with E-state index >= 15 is 0 Å². The van der Waals surface area contributed by atoms with Crippen LogP contribution in [0.3, 0.4) is 0 Å². The van der Waals surface area contributed by atoms with Crippen LogP contribution in [0.1, 0.15) is 111 Å². The summed E-state index contributed by atoms with van der Waals surface area (Å²) in [6.45, 7) is 7.07. The molecule has 0 spiro atoms.